The van der Waals surface area contributed by atoms with Gasteiger partial charge in [-0.3, -0.25) is 14.5 Å². The van der Waals surface area contributed by atoms with Gasteiger partial charge in [0, 0.05) is 5.41 Å². The fraction of sp³-hybridized carbons (Fsp3) is 0.923. The van der Waals surface area contributed by atoms with Gasteiger partial charge in [0.15, 0.2) is 5.78 Å². The molecule has 3 unspecified atom stereocenters. The first kappa shape index (κ1) is 27.1. The van der Waals surface area contributed by atoms with Crippen molar-refractivity contribution in [3.63, 3.8) is 0 Å². The van der Waals surface area contributed by atoms with Crippen molar-refractivity contribution in [2.75, 3.05) is 27.2 Å². The first-order valence-corrected chi connectivity index (χ1v) is 11.8. The predicted molar refractivity (Wildman–Crippen MR) is 125 cm³/mol. The van der Waals surface area contributed by atoms with Crippen LogP contribution in [-0.2, 0) is 14.3 Å². The fourth-order valence-corrected chi connectivity index (χ4v) is 6.21. The first-order valence-electron chi connectivity index (χ1n) is 11.8. The number of ether oxygens (including phenoxy) is 1. The molecule has 0 aromatic carbocycles. The van der Waals surface area contributed by atoms with Crippen LogP contribution in [0.5, 0.6) is 0 Å². The van der Waals surface area contributed by atoms with Gasteiger partial charge in [0.05, 0.1) is 20.2 Å². The average molecular weight is 424 g/mol. The summed E-state index contributed by atoms with van der Waals surface area (Å²) in [5.74, 6) is 1.35. The van der Waals surface area contributed by atoms with Gasteiger partial charge in [-0.15, -0.1) is 0 Å². The van der Waals surface area contributed by atoms with Gasteiger partial charge in [-0.25, -0.2) is 0 Å². The summed E-state index contributed by atoms with van der Waals surface area (Å²) in [4.78, 5) is 26.7. The summed E-state index contributed by atoms with van der Waals surface area (Å²) in [5, 5.41) is 0. The van der Waals surface area contributed by atoms with E-state index in [1.165, 1.54) is 20.0 Å². The van der Waals surface area contributed by atoms with Crippen molar-refractivity contribution >= 4 is 11.8 Å². The zero-order chi connectivity index (χ0) is 23.5. The molecule has 0 aromatic heterocycles. The molecule has 0 saturated heterocycles. The number of methoxy groups -OCH3 is 1. The Bertz CT molecular complexity index is 602. The number of hydrogen-bond donors (Lipinski definition) is 0. The van der Waals surface area contributed by atoms with E-state index in [0.717, 1.165) is 25.2 Å². The van der Waals surface area contributed by atoms with E-state index in [0.29, 0.717) is 23.3 Å². The van der Waals surface area contributed by atoms with Crippen LogP contribution in [0.3, 0.4) is 0 Å². The van der Waals surface area contributed by atoms with Crippen LogP contribution < -0.4 is 0 Å². The van der Waals surface area contributed by atoms with Crippen molar-refractivity contribution in [1.29, 1.82) is 0 Å². The lowest BCUT2D eigenvalue weighted by atomic mass is 9.65. The molecule has 0 spiro atoms. The van der Waals surface area contributed by atoms with Crippen LogP contribution in [0, 0.1) is 33.5 Å². The minimum absolute atomic E-state index is 0.125. The molecule has 0 N–H and O–H groups in total. The van der Waals surface area contributed by atoms with Gasteiger partial charge < -0.3 is 4.74 Å². The Morgan fingerprint density at radius 1 is 0.900 bits per heavy atom. The highest BCUT2D eigenvalue weighted by molar-refractivity contribution is 5.86. The Kier molecular flexibility index (Phi) is 8.78. The Balaban J connectivity index is 2.88. The Morgan fingerprint density at radius 3 is 1.83 bits per heavy atom. The van der Waals surface area contributed by atoms with Gasteiger partial charge in [-0.1, -0.05) is 68.7 Å². The second kappa shape index (κ2) is 9.71. The van der Waals surface area contributed by atoms with Gasteiger partial charge in [0.2, 0.25) is 0 Å². The smallest absolute Gasteiger partial charge is 0.319 e. The number of ketones is 1. The Hall–Kier alpha value is -0.900. The second-order valence-electron chi connectivity index (χ2n) is 12.8. The SMILES string of the molecule is CCCC(C)(CC(C)(C)C1CC1C(C)(C)CC(C)(C)C)C(=O)CN(C)CC(=O)OC. The molecular weight excluding hydrogens is 374 g/mol. The molecule has 0 bridgehead atoms. The highest BCUT2D eigenvalue weighted by Gasteiger charge is 2.56. The van der Waals surface area contributed by atoms with Crippen molar-refractivity contribution in [1.82, 2.24) is 4.90 Å². The highest BCUT2D eigenvalue weighted by atomic mass is 16.5. The number of esters is 1. The van der Waals surface area contributed by atoms with E-state index in [-0.39, 0.29) is 29.1 Å². The standard InChI is InChI=1S/C26H49NO3/c1-12-13-26(9,21(28)15-27(10)16-22(29)30-11)18-25(7,8)20-14-19(20)24(5,6)17-23(2,3)4/h19-20H,12-18H2,1-11H3. The van der Waals surface area contributed by atoms with Crippen LogP contribution in [-0.4, -0.2) is 43.9 Å². The van der Waals surface area contributed by atoms with Gasteiger partial charge in [-0.2, -0.15) is 0 Å². The molecule has 4 heteroatoms. The summed E-state index contributed by atoms with van der Waals surface area (Å²) in [6.45, 7) is 21.3. The van der Waals surface area contributed by atoms with E-state index < -0.39 is 0 Å². The molecule has 1 aliphatic carbocycles. The lowest BCUT2D eigenvalue weighted by Gasteiger charge is -2.40. The zero-order valence-electron chi connectivity index (χ0n) is 21.8. The molecule has 1 saturated carbocycles. The van der Waals surface area contributed by atoms with Crippen molar-refractivity contribution in [3.8, 4) is 0 Å². The minimum atomic E-state index is -0.357. The molecule has 0 amide bonds. The van der Waals surface area contributed by atoms with Crippen LogP contribution in [0.25, 0.3) is 0 Å². The number of nitrogens with zero attached hydrogens (tertiary/aromatic N) is 1. The number of carbonyl (C=O) groups excluding carboxylic acids is 2. The van der Waals surface area contributed by atoms with E-state index in [2.05, 4.69) is 62.3 Å². The molecule has 30 heavy (non-hydrogen) atoms. The summed E-state index contributed by atoms with van der Waals surface area (Å²) >= 11 is 0. The number of rotatable bonds is 12. The van der Waals surface area contributed by atoms with E-state index in [4.69, 9.17) is 4.74 Å². The zero-order valence-corrected chi connectivity index (χ0v) is 21.8. The average Bonchev–Trinajstić information content (AvgIpc) is 3.34. The summed E-state index contributed by atoms with van der Waals surface area (Å²) in [7, 11) is 3.20. The molecule has 3 atom stereocenters. The molecule has 0 aliphatic heterocycles. The van der Waals surface area contributed by atoms with Crippen LogP contribution in [0.1, 0.15) is 94.4 Å². The van der Waals surface area contributed by atoms with Crippen molar-refractivity contribution < 1.29 is 14.3 Å². The second-order valence-corrected chi connectivity index (χ2v) is 12.8. The number of likely N-dealkylation sites (N-methyl/N-ethyl adjacent to an activating group) is 1. The Labute approximate surface area is 186 Å². The number of Topliss-reactive ketones (excluding diaryl/α,β-unsaturated/α-hetero) is 1. The van der Waals surface area contributed by atoms with Crippen molar-refractivity contribution in [2.24, 2.45) is 33.5 Å². The molecule has 0 radical (unpaired) electrons. The minimum Gasteiger partial charge on any atom is -0.468 e. The first-order chi connectivity index (χ1) is 13.5. The maximum atomic E-state index is 13.3. The third-order valence-corrected chi connectivity index (χ3v) is 7.14. The van der Waals surface area contributed by atoms with Crippen LogP contribution >= 0.6 is 0 Å². The van der Waals surface area contributed by atoms with E-state index in [1.54, 1.807) is 4.90 Å². The topological polar surface area (TPSA) is 46.6 Å². The molecule has 1 aliphatic rings. The third-order valence-electron chi connectivity index (χ3n) is 7.14. The van der Waals surface area contributed by atoms with E-state index >= 15 is 0 Å². The van der Waals surface area contributed by atoms with Crippen molar-refractivity contribution in [2.45, 2.75) is 94.4 Å². The lowest BCUT2D eigenvalue weighted by Crippen LogP contribution is -2.42. The van der Waals surface area contributed by atoms with E-state index in [1.807, 2.05) is 7.05 Å². The molecule has 176 valence electrons. The van der Waals surface area contributed by atoms with Gasteiger partial charge in [0.1, 0.15) is 0 Å². The lowest BCUT2D eigenvalue weighted by molar-refractivity contribution is -0.142. The summed E-state index contributed by atoms with van der Waals surface area (Å²) in [6.07, 6.45) is 5.29. The van der Waals surface area contributed by atoms with Crippen LogP contribution in [0.4, 0.5) is 0 Å². The normalized spacial score (nSPS) is 22.0. The fourth-order valence-electron chi connectivity index (χ4n) is 6.21. The molecular formula is C26H49NO3. The largest absolute Gasteiger partial charge is 0.468 e. The Morgan fingerprint density at radius 2 is 1.40 bits per heavy atom. The van der Waals surface area contributed by atoms with Gasteiger partial charge in [-0.05, 0) is 60.8 Å². The molecule has 4 nitrogen and oxygen atoms in total. The van der Waals surface area contributed by atoms with Gasteiger partial charge >= 0.3 is 5.97 Å². The quantitative estimate of drug-likeness (QED) is 0.362. The highest BCUT2D eigenvalue weighted by Crippen LogP contribution is 2.63. The molecule has 1 rings (SSSR count). The monoisotopic (exact) mass is 423 g/mol. The summed E-state index contributed by atoms with van der Waals surface area (Å²) in [5.41, 5.74) is 0.425. The maximum Gasteiger partial charge on any atom is 0.319 e. The predicted octanol–water partition coefficient (Wildman–Crippen LogP) is 5.98. The van der Waals surface area contributed by atoms with Crippen LogP contribution in [0.2, 0.25) is 0 Å². The number of hydrogen-bond acceptors (Lipinski definition) is 4. The number of carbonyl (C=O) groups is 2. The van der Waals surface area contributed by atoms with Crippen molar-refractivity contribution in [3.05, 3.63) is 0 Å². The molecule has 0 aromatic rings. The van der Waals surface area contributed by atoms with Crippen LogP contribution in [0.15, 0.2) is 0 Å². The third kappa shape index (κ3) is 7.66. The summed E-state index contributed by atoms with van der Waals surface area (Å²) in [6, 6.07) is 0. The molecule has 1 fully saturated rings. The van der Waals surface area contributed by atoms with E-state index in [9.17, 15) is 9.59 Å². The van der Waals surface area contributed by atoms with Gasteiger partial charge in [0.25, 0.3) is 0 Å². The maximum absolute atomic E-state index is 13.3. The molecule has 0 heterocycles. The summed E-state index contributed by atoms with van der Waals surface area (Å²) < 4.78 is 4.74.